The predicted molar refractivity (Wildman–Crippen MR) is 76.0 cm³/mol. The van der Waals surface area contributed by atoms with E-state index in [2.05, 4.69) is 15.1 Å². The summed E-state index contributed by atoms with van der Waals surface area (Å²) in [4.78, 5) is 5.21. The van der Waals surface area contributed by atoms with Crippen molar-refractivity contribution in [3.8, 4) is 0 Å². The van der Waals surface area contributed by atoms with Crippen molar-refractivity contribution < 1.29 is 4.42 Å². The van der Waals surface area contributed by atoms with Crippen molar-refractivity contribution in [3.63, 3.8) is 0 Å². The topological polar surface area (TPSA) is 31.7 Å². The quantitative estimate of drug-likeness (QED) is 0.754. The lowest BCUT2D eigenvalue weighted by Crippen LogP contribution is -2.48. The minimum atomic E-state index is 0.842. The smallest absolute Gasteiger partial charge is 0.117 e. The Bertz CT molecular complexity index is 353. The van der Waals surface area contributed by atoms with Gasteiger partial charge in [0, 0.05) is 45.8 Å². The predicted octanol–water partition coefficient (Wildman–Crippen LogP) is 1.40. The van der Waals surface area contributed by atoms with Crippen LogP contribution in [0.4, 0.5) is 0 Å². The van der Waals surface area contributed by atoms with Gasteiger partial charge >= 0.3 is 0 Å². The molecule has 2 heterocycles. The lowest BCUT2D eigenvalue weighted by Gasteiger charge is -2.34. The first-order chi connectivity index (χ1) is 9.40. The molecule has 1 N–H and O–H groups in total. The zero-order valence-electron chi connectivity index (χ0n) is 11.7. The van der Waals surface area contributed by atoms with E-state index in [0.717, 1.165) is 31.3 Å². The van der Waals surface area contributed by atoms with Gasteiger partial charge in [-0.2, -0.15) is 0 Å². The van der Waals surface area contributed by atoms with Crippen LogP contribution in [0.25, 0.3) is 0 Å². The summed E-state index contributed by atoms with van der Waals surface area (Å²) in [7, 11) is 0. The van der Waals surface area contributed by atoms with E-state index < -0.39 is 0 Å². The Hall–Kier alpha value is -0.840. The SMILES string of the molecule is c1coc(CNCCN2CCN(CC3CC3)CC2)c1. The van der Waals surface area contributed by atoms with Gasteiger partial charge in [-0.15, -0.1) is 0 Å². The highest BCUT2D eigenvalue weighted by Gasteiger charge is 2.26. The molecule has 1 aliphatic carbocycles. The van der Waals surface area contributed by atoms with Crippen LogP contribution in [0.5, 0.6) is 0 Å². The average molecular weight is 263 g/mol. The van der Waals surface area contributed by atoms with Gasteiger partial charge in [-0.05, 0) is 30.9 Å². The molecule has 1 aromatic heterocycles. The van der Waals surface area contributed by atoms with Gasteiger partial charge in [0.25, 0.3) is 0 Å². The van der Waals surface area contributed by atoms with Gasteiger partial charge in [-0.25, -0.2) is 0 Å². The van der Waals surface area contributed by atoms with Gasteiger partial charge in [-0.3, -0.25) is 4.90 Å². The molecule has 0 aromatic carbocycles. The Morgan fingerprint density at radius 2 is 1.95 bits per heavy atom. The maximum atomic E-state index is 5.30. The van der Waals surface area contributed by atoms with E-state index in [0.29, 0.717) is 0 Å². The summed E-state index contributed by atoms with van der Waals surface area (Å²) in [5.41, 5.74) is 0. The molecule has 106 valence electrons. The number of nitrogens with one attached hydrogen (secondary N) is 1. The first-order valence-electron chi connectivity index (χ1n) is 7.58. The number of piperazine rings is 1. The van der Waals surface area contributed by atoms with E-state index in [-0.39, 0.29) is 0 Å². The normalized spacial score (nSPS) is 21.9. The third kappa shape index (κ3) is 4.34. The maximum Gasteiger partial charge on any atom is 0.117 e. The van der Waals surface area contributed by atoms with Gasteiger partial charge in [-0.1, -0.05) is 0 Å². The van der Waals surface area contributed by atoms with Crippen LogP contribution in [-0.4, -0.2) is 55.6 Å². The largest absolute Gasteiger partial charge is 0.468 e. The summed E-state index contributed by atoms with van der Waals surface area (Å²) in [6.07, 6.45) is 4.67. The molecular weight excluding hydrogens is 238 g/mol. The number of rotatable bonds is 7. The fourth-order valence-corrected chi connectivity index (χ4v) is 2.72. The van der Waals surface area contributed by atoms with Crippen LogP contribution in [0.3, 0.4) is 0 Å². The number of nitrogens with zero attached hydrogens (tertiary/aromatic N) is 2. The van der Waals surface area contributed by atoms with Gasteiger partial charge in [0.1, 0.15) is 5.76 Å². The van der Waals surface area contributed by atoms with Crippen molar-refractivity contribution in [1.29, 1.82) is 0 Å². The van der Waals surface area contributed by atoms with Crippen molar-refractivity contribution in [3.05, 3.63) is 24.2 Å². The highest BCUT2D eigenvalue weighted by Crippen LogP contribution is 2.29. The Labute approximate surface area is 115 Å². The summed E-state index contributed by atoms with van der Waals surface area (Å²) >= 11 is 0. The molecule has 2 aliphatic rings. The summed E-state index contributed by atoms with van der Waals surface area (Å²) in [6.45, 7) is 9.37. The minimum Gasteiger partial charge on any atom is -0.468 e. The van der Waals surface area contributed by atoms with E-state index in [4.69, 9.17) is 4.42 Å². The van der Waals surface area contributed by atoms with E-state index in [1.54, 1.807) is 6.26 Å². The highest BCUT2D eigenvalue weighted by molar-refractivity contribution is 4.97. The minimum absolute atomic E-state index is 0.842. The fourth-order valence-electron chi connectivity index (χ4n) is 2.72. The van der Waals surface area contributed by atoms with E-state index in [1.807, 2.05) is 12.1 Å². The molecule has 1 aromatic rings. The van der Waals surface area contributed by atoms with Gasteiger partial charge in [0.05, 0.1) is 12.8 Å². The second kappa shape index (κ2) is 6.55. The Kier molecular flexibility index (Phi) is 4.53. The zero-order chi connectivity index (χ0) is 12.9. The lowest BCUT2D eigenvalue weighted by atomic mass is 10.3. The highest BCUT2D eigenvalue weighted by atomic mass is 16.3. The van der Waals surface area contributed by atoms with Crippen molar-refractivity contribution in [1.82, 2.24) is 15.1 Å². The van der Waals surface area contributed by atoms with E-state index in [9.17, 15) is 0 Å². The number of furan rings is 1. The molecule has 19 heavy (non-hydrogen) atoms. The number of hydrogen-bond donors (Lipinski definition) is 1. The van der Waals surface area contributed by atoms with Crippen molar-refractivity contribution >= 4 is 0 Å². The molecule has 1 aliphatic heterocycles. The summed E-state index contributed by atoms with van der Waals surface area (Å²) in [5, 5.41) is 3.44. The molecule has 0 atom stereocenters. The Balaban J connectivity index is 1.25. The monoisotopic (exact) mass is 263 g/mol. The third-order valence-electron chi connectivity index (χ3n) is 4.16. The van der Waals surface area contributed by atoms with Crippen molar-refractivity contribution in [2.24, 2.45) is 5.92 Å². The standard InChI is InChI=1S/C15H25N3O/c1-2-15(19-11-1)12-16-5-6-17-7-9-18(10-8-17)13-14-3-4-14/h1-2,11,14,16H,3-10,12-13H2. The van der Waals surface area contributed by atoms with Gasteiger partial charge in [0.2, 0.25) is 0 Å². The van der Waals surface area contributed by atoms with Crippen LogP contribution in [0.1, 0.15) is 18.6 Å². The van der Waals surface area contributed by atoms with E-state index in [1.165, 1.54) is 45.6 Å². The van der Waals surface area contributed by atoms with Gasteiger partial charge < -0.3 is 14.6 Å². The first-order valence-corrected chi connectivity index (χ1v) is 7.58. The van der Waals surface area contributed by atoms with E-state index >= 15 is 0 Å². The third-order valence-corrected chi connectivity index (χ3v) is 4.16. The van der Waals surface area contributed by atoms with Crippen molar-refractivity contribution in [2.45, 2.75) is 19.4 Å². The second-order valence-corrected chi connectivity index (χ2v) is 5.84. The Morgan fingerprint density at radius 1 is 1.16 bits per heavy atom. The summed E-state index contributed by atoms with van der Waals surface area (Å²) < 4.78 is 5.30. The fraction of sp³-hybridized carbons (Fsp3) is 0.733. The Morgan fingerprint density at radius 3 is 2.63 bits per heavy atom. The molecule has 1 saturated carbocycles. The molecule has 0 amide bonds. The molecule has 0 bridgehead atoms. The molecular formula is C15H25N3O. The van der Waals surface area contributed by atoms with Crippen LogP contribution in [0, 0.1) is 5.92 Å². The molecule has 1 saturated heterocycles. The lowest BCUT2D eigenvalue weighted by molar-refractivity contribution is 0.129. The van der Waals surface area contributed by atoms with Crippen molar-refractivity contribution in [2.75, 3.05) is 45.8 Å². The molecule has 0 radical (unpaired) electrons. The van der Waals surface area contributed by atoms with Crippen LogP contribution in [0.2, 0.25) is 0 Å². The molecule has 4 heteroatoms. The maximum absolute atomic E-state index is 5.30. The average Bonchev–Trinajstić information content (AvgIpc) is 3.09. The number of hydrogen-bond acceptors (Lipinski definition) is 4. The van der Waals surface area contributed by atoms with Crippen LogP contribution < -0.4 is 5.32 Å². The molecule has 4 nitrogen and oxygen atoms in total. The molecule has 0 spiro atoms. The zero-order valence-corrected chi connectivity index (χ0v) is 11.7. The summed E-state index contributed by atoms with van der Waals surface area (Å²) in [6, 6.07) is 3.96. The molecule has 0 unspecified atom stereocenters. The first kappa shape index (κ1) is 13.2. The summed E-state index contributed by atoms with van der Waals surface area (Å²) in [5.74, 6) is 2.05. The second-order valence-electron chi connectivity index (χ2n) is 5.84. The van der Waals surface area contributed by atoms with Crippen LogP contribution in [-0.2, 0) is 6.54 Å². The molecule has 2 fully saturated rings. The van der Waals surface area contributed by atoms with Crippen LogP contribution >= 0.6 is 0 Å². The molecule has 3 rings (SSSR count). The van der Waals surface area contributed by atoms with Crippen LogP contribution in [0.15, 0.2) is 22.8 Å². The van der Waals surface area contributed by atoms with Gasteiger partial charge in [0.15, 0.2) is 0 Å².